The van der Waals surface area contributed by atoms with E-state index in [0.717, 1.165) is 0 Å². The number of carboxylic acids is 1. The van der Waals surface area contributed by atoms with Crippen molar-refractivity contribution in [3.63, 3.8) is 0 Å². The van der Waals surface area contributed by atoms with Crippen LogP contribution in [0.15, 0.2) is 0 Å². The van der Waals surface area contributed by atoms with Gasteiger partial charge in [0.2, 0.25) is 0 Å². The molecular weight excluding hydrogens is 224 g/mol. The van der Waals surface area contributed by atoms with E-state index in [1.165, 1.54) is 12.0 Å². The molecule has 0 rings (SSSR count). The third kappa shape index (κ3) is 5.04. The van der Waals surface area contributed by atoms with Crippen LogP contribution in [0, 0.1) is 5.92 Å². The van der Waals surface area contributed by atoms with Gasteiger partial charge in [-0.05, 0) is 12.8 Å². The number of ether oxygens (including phenoxy) is 1. The van der Waals surface area contributed by atoms with E-state index < -0.39 is 18.0 Å². The number of hydrogen-bond donors (Lipinski definition) is 2. The Morgan fingerprint density at radius 1 is 1.35 bits per heavy atom. The van der Waals surface area contributed by atoms with Gasteiger partial charge in [0.1, 0.15) is 0 Å². The molecule has 0 aliphatic heterocycles. The standard InChI is InChI=1S/C11H22N2O4/c1-7(2)8(3)13(4)11(16)12-9(6-17-5)10(14)15/h7-9H,6H2,1-5H3,(H,12,16)(H,14,15). The minimum atomic E-state index is -1.11. The smallest absolute Gasteiger partial charge is 0.328 e. The van der Waals surface area contributed by atoms with Crippen molar-refractivity contribution >= 4 is 12.0 Å². The summed E-state index contributed by atoms with van der Waals surface area (Å²) in [5.41, 5.74) is 0. The fraction of sp³-hybridized carbons (Fsp3) is 0.818. The zero-order valence-electron chi connectivity index (χ0n) is 11.1. The summed E-state index contributed by atoms with van der Waals surface area (Å²) in [5, 5.41) is 11.3. The maximum Gasteiger partial charge on any atom is 0.328 e. The fourth-order valence-corrected chi connectivity index (χ4v) is 1.22. The average Bonchev–Trinajstić information content (AvgIpc) is 2.25. The summed E-state index contributed by atoms with van der Waals surface area (Å²) >= 11 is 0. The molecule has 0 spiro atoms. The van der Waals surface area contributed by atoms with Gasteiger partial charge in [-0.1, -0.05) is 13.8 Å². The lowest BCUT2D eigenvalue weighted by atomic mass is 10.1. The topological polar surface area (TPSA) is 78.9 Å². The van der Waals surface area contributed by atoms with Gasteiger partial charge in [0.05, 0.1) is 6.61 Å². The normalized spacial score (nSPS) is 14.2. The lowest BCUT2D eigenvalue weighted by molar-refractivity contribution is -0.140. The van der Waals surface area contributed by atoms with Gasteiger partial charge < -0.3 is 20.1 Å². The number of rotatable bonds is 6. The molecule has 0 radical (unpaired) electrons. The second-order valence-corrected chi connectivity index (χ2v) is 4.39. The van der Waals surface area contributed by atoms with E-state index in [9.17, 15) is 9.59 Å². The predicted octanol–water partition coefficient (Wildman–Crippen LogP) is 0.772. The van der Waals surface area contributed by atoms with Gasteiger partial charge in [-0.25, -0.2) is 9.59 Å². The molecule has 17 heavy (non-hydrogen) atoms. The highest BCUT2D eigenvalue weighted by atomic mass is 16.5. The van der Waals surface area contributed by atoms with Crippen LogP contribution in [-0.4, -0.2) is 54.9 Å². The largest absolute Gasteiger partial charge is 0.480 e. The average molecular weight is 246 g/mol. The summed E-state index contributed by atoms with van der Waals surface area (Å²) < 4.78 is 4.74. The van der Waals surface area contributed by atoms with Crippen LogP contribution in [0.1, 0.15) is 20.8 Å². The van der Waals surface area contributed by atoms with Gasteiger partial charge in [-0.15, -0.1) is 0 Å². The minimum absolute atomic E-state index is 0.0342. The summed E-state index contributed by atoms with van der Waals surface area (Å²) in [7, 11) is 3.04. The van der Waals surface area contributed by atoms with Crippen LogP contribution in [0.3, 0.4) is 0 Å². The van der Waals surface area contributed by atoms with Crippen molar-refractivity contribution < 1.29 is 19.4 Å². The van der Waals surface area contributed by atoms with E-state index in [1.807, 2.05) is 20.8 Å². The van der Waals surface area contributed by atoms with Gasteiger partial charge in [-0.2, -0.15) is 0 Å². The summed E-state index contributed by atoms with van der Waals surface area (Å²) in [4.78, 5) is 24.1. The molecule has 0 aromatic heterocycles. The summed E-state index contributed by atoms with van der Waals surface area (Å²) in [6.45, 7) is 5.86. The van der Waals surface area contributed by atoms with Gasteiger partial charge in [0.15, 0.2) is 6.04 Å². The lowest BCUT2D eigenvalue weighted by Gasteiger charge is -2.29. The highest BCUT2D eigenvalue weighted by Crippen LogP contribution is 2.08. The number of urea groups is 1. The van der Waals surface area contributed by atoms with Gasteiger partial charge in [0, 0.05) is 20.2 Å². The summed E-state index contributed by atoms with van der Waals surface area (Å²) in [5.74, 6) is -0.803. The Balaban J connectivity index is 4.45. The summed E-state index contributed by atoms with van der Waals surface area (Å²) in [6.07, 6.45) is 0. The Morgan fingerprint density at radius 3 is 2.24 bits per heavy atom. The summed E-state index contributed by atoms with van der Waals surface area (Å²) in [6, 6.07) is -1.39. The van der Waals surface area contributed by atoms with Crippen molar-refractivity contribution in [2.24, 2.45) is 5.92 Å². The highest BCUT2D eigenvalue weighted by molar-refractivity contribution is 5.82. The van der Waals surface area contributed by atoms with E-state index >= 15 is 0 Å². The molecule has 100 valence electrons. The Labute approximate surface area is 102 Å². The zero-order valence-corrected chi connectivity index (χ0v) is 11.1. The maximum absolute atomic E-state index is 11.8. The van der Waals surface area contributed by atoms with E-state index in [-0.39, 0.29) is 12.6 Å². The molecule has 0 aliphatic carbocycles. The van der Waals surface area contributed by atoms with Crippen LogP contribution in [0.4, 0.5) is 4.79 Å². The van der Waals surface area contributed by atoms with E-state index in [4.69, 9.17) is 9.84 Å². The highest BCUT2D eigenvalue weighted by Gasteiger charge is 2.24. The van der Waals surface area contributed by atoms with Crippen LogP contribution in [0.5, 0.6) is 0 Å². The number of nitrogens with one attached hydrogen (secondary N) is 1. The van der Waals surface area contributed by atoms with Crippen molar-refractivity contribution in [1.82, 2.24) is 10.2 Å². The molecule has 0 fully saturated rings. The van der Waals surface area contributed by atoms with Crippen LogP contribution < -0.4 is 5.32 Å². The molecule has 2 N–H and O–H groups in total. The SMILES string of the molecule is COCC(NC(=O)N(C)C(C)C(C)C)C(=O)O. The fourth-order valence-electron chi connectivity index (χ4n) is 1.22. The first-order valence-electron chi connectivity index (χ1n) is 5.56. The molecular formula is C11H22N2O4. The molecule has 2 unspecified atom stereocenters. The van der Waals surface area contributed by atoms with Crippen molar-refractivity contribution in [2.75, 3.05) is 20.8 Å². The van der Waals surface area contributed by atoms with Gasteiger partial charge >= 0.3 is 12.0 Å². The third-order valence-electron chi connectivity index (χ3n) is 2.83. The van der Waals surface area contributed by atoms with Crippen molar-refractivity contribution in [1.29, 1.82) is 0 Å². The Kier molecular flexibility index (Phi) is 6.57. The predicted molar refractivity (Wildman–Crippen MR) is 63.9 cm³/mol. The number of carboxylic acid groups (broad SMARTS) is 1. The molecule has 0 bridgehead atoms. The molecule has 0 aromatic carbocycles. The maximum atomic E-state index is 11.8. The van der Waals surface area contributed by atoms with E-state index in [0.29, 0.717) is 5.92 Å². The molecule has 6 nitrogen and oxygen atoms in total. The molecule has 0 saturated heterocycles. The quantitative estimate of drug-likeness (QED) is 0.725. The molecule has 0 aromatic rings. The zero-order chi connectivity index (χ0) is 13.6. The number of carbonyl (C=O) groups excluding carboxylic acids is 1. The molecule has 0 aliphatic rings. The lowest BCUT2D eigenvalue weighted by Crippen LogP contribution is -2.51. The van der Waals surface area contributed by atoms with Crippen LogP contribution in [-0.2, 0) is 9.53 Å². The number of aliphatic carboxylic acids is 1. The second-order valence-electron chi connectivity index (χ2n) is 4.39. The monoisotopic (exact) mass is 246 g/mol. The number of hydrogen-bond acceptors (Lipinski definition) is 3. The Bertz CT molecular complexity index is 268. The molecule has 6 heteroatoms. The van der Waals surface area contributed by atoms with Gasteiger partial charge in [-0.3, -0.25) is 0 Å². The number of carbonyl (C=O) groups is 2. The van der Waals surface area contributed by atoms with Crippen LogP contribution >= 0.6 is 0 Å². The van der Waals surface area contributed by atoms with E-state index in [2.05, 4.69) is 5.32 Å². The first kappa shape index (κ1) is 15.7. The molecule has 2 amide bonds. The van der Waals surface area contributed by atoms with Crippen molar-refractivity contribution in [3.8, 4) is 0 Å². The first-order valence-corrected chi connectivity index (χ1v) is 5.56. The Hall–Kier alpha value is -1.30. The number of amides is 2. The second kappa shape index (κ2) is 7.11. The number of methoxy groups -OCH3 is 1. The third-order valence-corrected chi connectivity index (χ3v) is 2.83. The first-order chi connectivity index (χ1) is 7.81. The molecule has 0 heterocycles. The van der Waals surface area contributed by atoms with Crippen molar-refractivity contribution in [2.45, 2.75) is 32.9 Å². The van der Waals surface area contributed by atoms with Gasteiger partial charge in [0.25, 0.3) is 0 Å². The number of nitrogens with zero attached hydrogens (tertiary/aromatic N) is 1. The van der Waals surface area contributed by atoms with Crippen LogP contribution in [0.2, 0.25) is 0 Å². The van der Waals surface area contributed by atoms with Crippen LogP contribution in [0.25, 0.3) is 0 Å². The van der Waals surface area contributed by atoms with E-state index in [1.54, 1.807) is 7.05 Å². The Morgan fingerprint density at radius 2 is 1.88 bits per heavy atom. The molecule has 0 saturated carbocycles. The van der Waals surface area contributed by atoms with Crippen molar-refractivity contribution in [3.05, 3.63) is 0 Å². The molecule has 2 atom stereocenters. The minimum Gasteiger partial charge on any atom is -0.480 e.